The molecule has 1 saturated heterocycles. The first-order chi connectivity index (χ1) is 7.49. The summed E-state index contributed by atoms with van der Waals surface area (Å²) in [6.07, 6.45) is 3.44. The average Bonchev–Trinajstić information content (AvgIpc) is 2.50. The third-order valence-electron chi connectivity index (χ3n) is 3.66. The number of amides is 1. The predicted molar refractivity (Wildman–Crippen MR) is 67.1 cm³/mol. The second-order valence-corrected chi connectivity index (χ2v) is 5.27. The molecule has 1 fully saturated rings. The van der Waals surface area contributed by atoms with E-state index in [1.54, 1.807) is 0 Å². The van der Waals surface area contributed by atoms with Gasteiger partial charge in [0.1, 0.15) is 0 Å². The van der Waals surface area contributed by atoms with E-state index in [1.165, 1.54) is 0 Å². The highest BCUT2D eigenvalue weighted by Gasteiger charge is 2.38. The van der Waals surface area contributed by atoms with Gasteiger partial charge in [0, 0.05) is 6.04 Å². The maximum absolute atomic E-state index is 12.2. The fourth-order valence-corrected chi connectivity index (χ4v) is 2.30. The van der Waals surface area contributed by atoms with E-state index < -0.39 is 0 Å². The van der Waals surface area contributed by atoms with Gasteiger partial charge in [-0.2, -0.15) is 0 Å². The summed E-state index contributed by atoms with van der Waals surface area (Å²) in [5.74, 6) is 0.806. The van der Waals surface area contributed by atoms with Crippen LogP contribution in [0.4, 0.5) is 0 Å². The number of hydrogen-bond acceptors (Lipinski definition) is 2. The third-order valence-corrected chi connectivity index (χ3v) is 3.66. The largest absolute Gasteiger partial charge is 0.323 e. The van der Waals surface area contributed by atoms with Crippen LogP contribution in [0.25, 0.3) is 0 Å². The number of nitrogens with one attached hydrogen (secondary N) is 1. The van der Waals surface area contributed by atoms with E-state index in [9.17, 15) is 4.79 Å². The summed E-state index contributed by atoms with van der Waals surface area (Å²) >= 11 is 0. The van der Waals surface area contributed by atoms with Gasteiger partial charge in [-0.15, -0.1) is 0 Å². The second-order valence-electron chi connectivity index (χ2n) is 5.27. The summed E-state index contributed by atoms with van der Waals surface area (Å²) in [7, 11) is 0. The van der Waals surface area contributed by atoms with Gasteiger partial charge in [-0.1, -0.05) is 33.6 Å². The summed E-state index contributed by atoms with van der Waals surface area (Å²) in [6.45, 7) is 10.7. The Bertz CT molecular complexity index is 240. The van der Waals surface area contributed by atoms with Crippen molar-refractivity contribution in [2.24, 2.45) is 5.92 Å². The molecule has 0 aromatic heterocycles. The summed E-state index contributed by atoms with van der Waals surface area (Å²) in [4.78, 5) is 14.2. The summed E-state index contributed by atoms with van der Waals surface area (Å²) in [5, 5.41) is 3.40. The van der Waals surface area contributed by atoms with Crippen LogP contribution in [0.1, 0.15) is 53.9 Å². The number of nitrogens with zero attached hydrogens (tertiary/aromatic N) is 1. The third kappa shape index (κ3) is 2.76. The topological polar surface area (TPSA) is 32.3 Å². The quantitative estimate of drug-likeness (QED) is 0.780. The average molecular weight is 226 g/mol. The minimum atomic E-state index is 0.0520. The number of carbonyl (C=O) groups excluding carboxylic acids is 1. The fourth-order valence-electron chi connectivity index (χ4n) is 2.30. The summed E-state index contributed by atoms with van der Waals surface area (Å²) < 4.78 is 0. The molecule has 0 bridgehead atoms. The molecule has 1 amide bonds. The van der Waals surface area contributed by atoms with Crippen molar-refractivity contribution in [1.82, 2.24) is 10.2 Å². The molecule has 3 heteroatoms. The number of carbonyl (C=O) groups is 1. The monoisotopic (exact) mass is 226 g/mol. The van der Waals surface area contributed by atoms with Gasteiger partial charge in [0.15, 0.2) is 0 Å². The lowest BCUT2D eigenvalue weighted by molar-refractivity contribution is -0.132. The molecule has 0 aliphatic carbocycles. The van der Waals surface area contributed by atoms with Crippen molar-refractivity contribution >= 4 is 5.91 Å². The Labute approximate surface area is 99.6 Å². The van der Waals surface area contributed by atoms with Crippen molar-refractivity contribution in [3.63, 3.8) is 0 Å². The molecule has 1 N–H and O–H groups in total. The highest BCUT2D eigenvalue weighted by atomic mass is 16.2. The van der Waals surface area contributed by atoms with Crippen LogP contribution in [-0.2, 0) is 4.79 Å². The molecule has 0 aromatic carbocycles. The Balaban J connectivity index is 2.63. The first-order valence-corrected chi connectivity index (χ1v) is 6.57. The Morgan fingerprint density at radius 2 is 2.00 bits per heavy atom. The Kier molecular flexibility index (Phi) is 4.78. The molecule has 0 aromatic rings. The van der Waals surface area contributed by atoms with Crippen molar-refractivity contribution in [2.45, 2.75) is 72.1 Å². The lowest BCUT2D eigenvalue weighted by Gasteiger charge is -2.31. The number of rotatable bonds is 5. The SMILES string of the molecule is CCCCC1NC(C)N(C(C)C(C)C)C1=O. The minimum Gasteiger partial charge on any atom is -0.323 e. The first kappa shape index (κ1) is 13.5. The van der Waals surface area contributed by atoms with Gasteiger partial charge < -0.3 is 4.90 Å². The van der Waals surface area contributed by atoms with Crippen LogP contribution < -0.4 is 5.32 Å². The zero-order valence-corrected chi connectivity index (χ0v) is 11.3. The van der Waals surface area contributed by atoms with E-state index >= 15 is 0 Å². The van der Waals surface area contributed by atoms with Crippen LogP contribution in [0.5, 0.6) is 0 Å². The minimum absolute atomic E-state index is 0.0520. The van der Waals surface area contributed by atoms with Gasteiger partial charge in [-0.05, 0) is 26.2 Å². The Morgan fingerprint density at radius 1 is 1.38 bits per heavy atom. The molecule has 0 spiro atoms. The van der Waals surface area contributed by atoms with Crippen molar-refractivity contribution in [3.05, 3.63) is 0 Å². The maximum Gasteiger partial charge on any atom is 0.241 e. The molecule has 1 aliphatic rings. The molecular weight excluding hydrogens is 200 g/mol. The fraction of sp³-hybridized carbons (Fsp3) is 0.923. The second kappa shape index (κ2) is 5.67. The highest BCUT2D eigenvalue weighted by Crippen LogP contribution is 2.21. The lowest BCUT2D eigenvalue weighted by Crippen LogP contribution is -2.44. The van der Waals surface area contributed by atoms with Crippen LogP contribution in [0.15, 0.2) is 0 Å². The standard InChI is InChI=1S/C13H26N2O/c1-6-7-8-12-13(16)15(11(5)14-12)10(4)9(2)3/h9-12,14H,6-8H2,1-5H3. The van der Waals surface area contributed by atoms with Gasteiger partial charge in [-0.3, -0.25) is 10.1 Å². The smallest absolute Gasteiger partial charge is 0.241 e. The molecule has 3 unspecified atom stereocenters. The lowest BCUT2D eigenvalue weighted by atomic mass is 10.0. The number of unbranched alkanes of at least 4 members (excludes halogenated alkanes) is 1. The molecular formula is C13H26N2O. The Morgan fingerprint density at radius 3 is 2.50 bits per heavy atom. The molecule has 0 saturated carbocycles. The maximum atomic E-state index is 12.2. The van der Waals surface area contributed by atoms with Crippen molar-refractivity contribution in [2.75, 3.05) is 0 Å². The normalized spacial score (nSPS) is 27.9. The zero-order chi connectivity index (χ0) is 12.3. The van der Waals surface area contributed by atoms with Gasteiger partial charge in [0.2, 0.25) is 5.91 Å². The van der Waals surface area contributed by atoms with E-state index in [0.717, 1.165) is 19.3 Å². The molecule has 1 aliphatic heterocycles. The van der Waals surface area contributed by atoms with Crippen LogP contribution in [-0.4, -0.2) is 29.1 Å². The van der Waals surface area contributed by atoms with E-state index in [4.69, 9.17) is 0 Å². The molecule has 0 radical (unpaired) electrons. The molecule has 3 nitrogen and oxygen atoms in total. The van der Waals surface area contributed by atoms with Crippen molar-refractivity contribution in [1.29, 1.82) is 0 Å². The van der Waals surface area contributed by atoms with E-state index in [-0.39, 0.29) is 12.2 Å². The highest BCUT2D eigenvalue weighted by molar-refractivity contribution is 5.84. The summed E-state index contributed by atoms with van der Waals surface area (Å²) in [6, 6.07) is 0.373. The van der Waals surface area contributed by atoms with Gasteiger partial charge in [-0.25, -0.2) is 0 Å². The van der Waals surface area contributed by atoms with Gasteiger partial charge >= 0.3 is 0 Å². The van der Waals surface area contributed by atoms with E-state index in [1.807, 2.05) is 4.90 Å². The predicted octanol–water partition coefficient (Wildman–Crippen LogP) is 2.37. The molecule has 3 atom stereocenters. The summed E-state index contributed by atoms with van der Waals surface area (Å²) in [5.41, 5.74) is 0. The Hall–Kier alpha value is -0.570. The van der Waals surface area contributed by atoms with E-state index in [0.29, 0.717) is 17.9 Å². The molecule has 94 valence electrons. The molecule has 1 rings (SSSR count). The van der Waals surface area contributed by atoms with Crippen LogP contribution in [0, 0.1) is 5.92 Å². The van der Waals surface area contributed by atoms with Crippen molar-refractivity contribution < 1.29 is 4.79 Å². The van der Waals surface area contributed by atoms with Crippen LogP contribution >= 0.6 is 0 Å². The zero-order valence-electron chi connectivity index (χ0n) is 11.3. The molecule has 16 heavy (non-hydrogen) atoms. The first-order valence-electron chi connectivity index (χ1n) is 6.57. The molecule has 1 heterocycles. The van der Waals surface area contributed by atoms with Gasteiger partial charge in [0.25, 0.3) is 0 Å². The van der Waals surface area contributed by atoms with Crippen LogP contribution in [0.3, 0.4) is 0 Å². The van der Waals surface area contributed by atoms with E-state index in [2.05, 4.69) is 39.9 Å². The number of hydrogen-bond donors (Lipinski definition) is 1. The van der Waals surface area contributed by atoms with Gasteiger partial charge in [0.05, 0.1) is 12.2 Å². The van der Waals surface area contributed by atoms with Crippen molar-refractivity contribution in [3.8, 4) is 0 Å². The van der Waals surface area contributed by atoms with Crippen LogP contribution in [0.2, 0.25) is 0 Å².